The van der Waals surface area contributed by atoms with Crippen LogP contribution in [0.2, 0.25) is 0 Å². The molecule has 1 aliphatic rings. The van der Waals surface area contributed by atoms with Crippen LogP contribution in [0.3, 0.4) is 0 Å². The lowest BCUT2D eigenvalue weighted by molar-refractivity contribution is 0.105. The molecule has 0 spiro atoms. The molecule has 0 bridgehead atoms. The minimum atomic E-state index is 0.890. The second-order valence-corrected chi connectivity index (χ2v) is 4.00. The van der Waals surface area contributed by atoms with E-state index in [9.17, 15) is 0 Å². The molecule has 0 aliphatic carbocycles. The first kappa shape index (κ1) is 8.75. The first-order valence-corrected chi connectivity index (χ1v) is 5.01. The SMILES string of the molecule is CCn1cc(CN2CC(C)C2)cn1. The standard InChI is InChI=1S/C10H17N3/c1-3-13-8-10(4-11-13)7-12-5-9(2)6-12/h4,8-9H,3,5-7H2,1-2H3. The van der Waals surface area contributed by atoms with Crippen molar-refractivity contribution >= 4 is 0 Å². The largest absolute Gasteiger partial charge is 0.298 e. The normalized spacial score (nSPS) is 18.9. The van der Waals surface area contributed by atoms with E-state index in [4.69, 9.17) is 0 Å². The predicted molar refractivity (Wildman–Crippen MR) is 52.3 cm³/mol. The van der Waals surface area contributed by atoms with Gasteiger partial charge in [-0.2, -0.15) is 5.10 Å². The Morgan fingerprint density at radius 2 is 2.31 bits per heavy atom. The molecular weight excluding hydrogens is 162 g/mol. The second-order valence-electron chi connectivity index (χ2n) is 4.00. The number of nitrogens with zero attached hydrogens (tertiary/aromatic N) is 3. The van der Waals surface area contributed by atoms with Crippen molar-refractivity contribution in [3.63, 3.8) is 0 Å². The van der Waals surface area contributed by atoms with Crippen LogP contribution in [-0.4, -0.2) is 27.8 Å². The average Bonchev–Trinajstić information content (AvgIpc) is 2.50. The van der Waals surface area contributed by atoms with Crippen molar-refractivity contribution in [2.45, 2.75) is 26.9 Å². The Morgan fingerprint density at radius 3 is 2.85 bits per heavy atom. The molecule has 1 aliphatic heterocycles. The zero-order valence-corrected chi connectivity index (χ0v) is 8.40. The van der Waals surface area contributed by atoms with Gasteiger partial charge in [-0.15, -0.1) is 0 Å². The first-order chi connectivity index (χ1) is 6.28. The van der Waals surface area contributed by atoms with E-state index in [1.807, 2.05) is 10.9 Å². The molecule has 0 aromatic carbocycles. The molecule has 72 valence electrons. The van der Waals surface area contributed by atoms with Crippen LogP contribution in [0, 0.1) is 5.92 Å². The molecule has 0 unspecified atom stereocenters. The van der Waals surface area contributed by atoms with E-state index in [-0.39, 0.29) is 0 Å². The summed E-state index contributed by atoms with van der Waals surface area (Å²) >= 11 is 0. The third-order valence-corrected chi connectivity index (χ3v) is 2.56. The molecule has 0 saturated carbocycles. The summed E-state index contributed by atoms with van der Waals surface area (Å²) in [6.07, 6.45) is 4.12. The van der Waals surface area contributed by atoms with Gasteiger partial charge < -0.3 is 0 Å². The van der Waals surface area contributed by atoms with Crippen molar-refractivity contribution in [3.05, 3.63) is 18.0 Å². The zero-order chi connectivity index (χ0) is 9.26. The minimum Gasteiger partial charge on any atom is -0.298 e. The Hall–Kier alpha value is -0.830. The van der Waals surface area contributed by atoms with Gasteiger partial charge in [-0.05, 0) is 12.8 Å². The highest BCUT2D eigenvalue weighted by Gasteiger charge is 2.22. The molecule has 1 aromatic rings. The van der Waals surface area contributed by atoms with Crippen LogP contribution in [0.4, 0.5) is 0 Å². The molecular formula is C10H17N3. The monoisotopic (exact) mass is 179 g/mol. The van der Waals surface area contributed by atoms with Crippen LogP contribution in [0.1, 0.15) is 19.4 Å². The van der Waals surface area contributed by atoms with E-state index in [1.54, 1.807) is 0 Å². The lowest BCUT2D eigenvalue weighted by atomic mass is 10.0. The number of aryl methyl sites for hydroxylation is 1. The van der Waals surface area contributed by atoms with E-state index in [0.29, 0.717) is 0 Å². The maximum Gasteiger partial charge on any atom is 0.0534 e. The van der Waals surface area contributed by atoms with Gasteiger partial charge in [0, 0.05) is 37.9 Å². The Labute approximate surface area is 79.3 Å². The smallest absolute Gasteiger partial charge is 0.0534 e. The molecule has 2 rings (SSSR count). The van der Waals surface area contributed by atoms with Crippen LogP contribution in [0.5, 0.6) is 0 Å². The lowest BCUT2D eigenvalue weighted by Gasteiger charge is -2.36. The lowest BCUT2D eigenvalue weighted by Crippen LogP contribution is -2.44. The van der Waals surface area contributed by atoms with Gasteiger partial charge in [0.25, 0.3) is 0 Å². The quantitative estimate of drug-likeness (QED) is 0.698. The van der Waals surface area contributed by atoms with Crippen molar-refractivity contribution in [2.24, 2.45) is 5.92 Å². The van der Waals surface area contributed by atoms with E-state index >= 15 is 0 Å². The third-order valence-electron chi connectivity index (χ3n) is 2.56. The molecule has 0 radical (unpaired) electrons. The summed E-state index contributed by atoms with van der Waals surface area (Å²) < 4.78 is 1.98. The fourth-order valence-electron chi connectivity index (χ4n) is 1.88. The molecule has 3 nitrogen and oxygen atoms in total. The summed E-state index contributed by atoms with van der Waals surface area (Å²) in [6.45, 7) is 8.95. The topological polar surface area (TPSA) is 21.1 Å². The molecule has 0 atom stereocenters. The van der Waals surface area contributed by atoms with Gasteiger partial charge in [-0.3, -0.25) is 9.58 Å². The summed E-state index contributed by atoms with van der Waals surface area (Å²) in [5, 5.41) is 4.26. The molecule has 1 aromatic heterocycles. The number of likely N-dealkylation sites (tertiary alicyclic amines) is 1. The highest BCUT2D eigenvalue weighted by molar-refractivity contribution is 5.04. The maximum absolute atomic E-state index is 4.26. The van der Waals surface area contributed by atoms with Crippen LogP contribution in [0.25, 0.3) is 0 Å². The molecule has 2 heterocycles. The number of rotatable bonds is 3. The second kappa shape index (κ2) is 3.50. The van der Waals surface area contributed by atoms with Crippen LogP contribution in [-0.2, 0) is 13.1 Å². The first-order valence-electron chi connectivity index (χ1n) is 5.01. The molecule has 3 heteroatoms. The molecule has 13 heavy (non-hydrogen) atoms. The van der Waals surface area contributed by atoms with Gasteiger partial charge in [-0.25, -0.2) is 0 Å². The van der Waals surface area contributed by atoms with E-state index in [0.717, 1.165) is 19.0 Å². The average molecular weight is 179 g/mol. The Bertz CT molecular complexity index is 273. The van der Waals surface area contributed by atoms with Crippen LogP contribution >= 0.6 is 0 Å². The van der Waals surface area contributed by atoms with Gasteiger partial charge in [0.05, 0.1) is 6.20 Å². The van der Waals surface area contributed by atoms with E-state index < -0.39 is 0 Å². The summed E-state index contributed by atoms with van der Waals surface area (Å²) in [5.41, 5.74) is 1.34. The third kappa shape index (κ3) is 1.91. The fourth-order valence-corrected chi connectivity index (χ4v) is 1.88. The zero-order valence-electron chi connectivity index (χ0n) is 8.40. The highest BCUT2D eigenvalue weighted by Crippen LogP contribution is 2.17. The maximum atomic E-state index is 4.26. The number of aromatic nitrogens is 2. The van der Waals surface area contributed by atoms with Gasteiger partial charge >= 0.3 is 0 Å². The minimum absolute atomic E-state index is 0.890. The molecule has 1 fully saturated rings. The molecule has 1 saturated heterocycles. The fraction of sp³-hybridized carbons (Fsp3) is 0.700. The predicted octanol–water partition coefficient (Wildman–Crippen LogP) is 1.35. The van der Waals surface area contributed by atoms with Crippen molar-refractivity contribution in [3.8, 4) is 0 Å². The van der Waals surface area contributed by atoms with Crippen LogP contribution < -0.4 is 0 Å². The van der Waals surface area contributed by atoms with Crippen molar-refractivity contribution in [1.82, 2.24) is 14.7 Å². The van der Waals surface area contributed by atoms with E-state index in [1.165, 1.54) is 18.7 Å². The summed E-state index contributed by atoms with van der Waals surface area (Å²) in [6, 6.07) is 0. The van der Waals surface area contributed by atoms with Gasteiger partial charge in [0.1, 0.15) is 0 Å². The Balaban J connectivity index is 1.87. The van der Waals surface area contributed by atoms with E-state index in [2.05, 4.69) is 30.0 Å². The van der Waals surface area contributed by atoms with Gasteiger partial charge in [-0.1, -0.05) is 6.92 Å². The Kier molecular flexibility index (Phi) is 2.36. The molecule has 0 N–H and O–H groups in total. The highest BCUT2D eigenvalue weighted by atomic mass is 15.3. The number of hydrogen-bond acceptors (Lipinski definition) is 2. The molecule has 0 amide bonds. The number of hydrogen-bond donors (Lipinski definition) is 0. The van der Waals surface area contributed by atoms with Gasteiger partial charge in [0.2, 0.25) is 0 Å². The van der Waals surface area contributed by atoms with Crippen molar-refractivity contribution in [2.75, 3.05) is 13.1 Å². The van der Waals surface area contributed by atoms with Gasteiger partial charge in [0.15, 0.2) is 0 Å². The Morgan fingerprint density at radius 1 is 1.54 bits per heavy atom. The summed E-state index contributed by atoms with van der Waals surface area (Å²) in [7, 11) is 0. The van der Waals surface area contributed by atoms with Crippen molar-refractivity contribution in [1.29, 1.82) is 0 Å². The summed E-state index contributed by atoms with van der Waals surface area (Å²) in [4.78, 5) is 2.46. The van der Waals surface area contributed by atoms with Crippen molar-refractivity contribution < 1.29 is 0 Å². The summed E-state index contributed by atoms with van der Waals surface area (Å²) in [5.74, 6) is 0.890. The van der Waals surface area contributed by atoms with Crippen LogP contribution in [0.15, 0.2) is 12.4 Å².